The van der Waals surface area contributed by atoms with Gasteiger partial charge in [-0.25, -0.2) is 4.79 Å². The molecule has 0 unspecified atom stereocenters. The van der Waals surface area contributed by atoms with E-state index < -0.39 is 6.04 Å². The van der Waals surface area contributed by atoms with Crippen molar-refractivity contribution >= 4 is 23.5 Å². The van der Waals surface area contributed by atoms with Crippen LogP contribution in [0.3, 0.4) is 0 Å². The van der Waals surface area contributed by atoms with E-state index in [9.17, 15) is 4.79 Å². The molecule has 0 saturated heterocycles. The molecule has 0 fully saturated rings. The normalized spacial score (nSPS) is 15.9. The Balaban J connectivity index is 1.72. The number of unbranched alkanes of at least 4 members (excludes halogenated alkanes) is 5. The number of anilines is 1. The molecule has 1 atom stereocenters. The van der Waals surface area contributed by atoms with Crippen LogP contribution in [0.25, 0.3) is 0 Å². The monoisotopic (exact) mass is 403 g/mol. The highest BCUT2D eigenvalue weighted by Crippen LogP contribution is 2.35. The van der Waals surface area contributed by atoms with Crippen molar-refractivity contribution in [2.24, 2.45) is 0 Å². The number of benzene rings is 1. The molecule has 2 heterocycles. The topological polar surface area (TPSA) is 81.9 Å². The second-order valence-electron chi connectivity index (χ2n) is 6.97. The lowest BCUT2D eigenvalue weighted by Crippen LogP contribution is -2.29. The second kappa shape index (κ2) is 9.68. The lowest BCUT2D eigenvalue weighted by Gasteiger charge is -2.27. The fourth-order valence-corrected chi connectivity index (χ4v) is 3.48. The average molecular weight is 404 g/mol. The first-order valence-corrected chi connectivity index (χ1v) is 10.2. The van der Waals surface area contributed by atoms with E-state index in [2.05, 4.69) is 27.8 Å². The Bertz CT molecular complexity index is 831. The SMILES string of the molecule is CCCCCCCCOC(=O)C1=C(C)Nc2nnnn2[C@H]1c1ccc(Cl)cc1. The summed E-state index contributed by atoms with van der Waals surface area (Å²) in [7, 11) is 0. The molecule has 0 spiro atoms. The first kappa shape index (κ1) is 20.3. The minimum absolute atomic E-state index is 0.348. The third-order valence-electron chi connectivity index (χ3n) is 4.85. The van der Waals surface area contributed by atoms with Crippen LogP contribution >= 0.6 is 11.6 Å². The molecule has 1 aliphatic rings. The molecule has 0 saturated carbocycles. The fraction of sp³-hybridized carbons (Fsp3) is 0.500. The van der Waals surface area contributed by atoms with Crippen molar-refractivity contribution in [1.82, 2.24) is 20.2 Å². The largest absolute Gasteiger partial charge is 0.462 e. The number of nitrogens with one attached hydrogen (secondary N) is 1. The van der Waals surface area contributed by atoms with Crippen LogP contribution in [0.15, 0.2) is 35.5 Å². The van der Waals surface area contributed by atoms with Crippen molar-refractivity contribution < 1.29 is 9.53 Å². The van der Waals surface area contributed by atoms with Crippen LogP contribution in [0.4, 0.5) is 5.95 Å². The van der Waals surface area contributed by atoms with E-state index in [1.165, 1.54) is 25.7 Å². The van der Waals surface area contributed by atoms with Gasteiger partial charge in [0.25, 0.3) is 0 Å². The second-order valence-corrected chi connectivity index (χ2v) is 7.40. The molecule has 7 nitrogen and oxygen atoms in total. The van der Waals surface area contributed by atoms with Gasteiger partial charge in [-0.3, -0.25) is 0 Å². The summed E-state index contributed by atoms with van der Waals surface area (Å²) in [5, 5.41) is 15.5. The first-order chi connectivity index (χ1) is 13.6. The zero-order valence-corrected chi connectivity index (χ0v) is 17.1. The maximum atomic E-state index is 12.9. The van der Waals surface area contributed by atoms with Crippen LogP contribution in [0.1, 0.15) is 64.0 Å². The van der Waals surface area contributed by atoms with Gasteiger partial charge in [-0.15, -0.1) is 0 Å². The van der Waals surface area contributed by atoms with Gasteiger partial charge >= 0.3 is 5.97 Å². The number of hydrogen-bond donors (Lipinski definition) is 1. The molecule has 2 aromatic rings. The summed E-state index contributed by atoms with van der Waals surface area (Å²) in [6, 6.07) is 6.87. The Morgan fingerprint density at radius 3 is 2.64 bits per heavy atom. The number of rotatable bonds is 9. The van der Waals surface area contributed by atoms with Crippen LogP contribution in [-0.2, 0) is 9.53 Å². The minimum atomic E-state index is -0.458. The quantitative estimate of drug-likeness (QED) is 0.489. The number of fused-ring (bicyclic) bond motifs is 1. The highest BCUT2D eigenvalue weighted by atomic mass is 35.5. The Morgan fingerprint density at radius 2 is 1.89 bits per heavy atom. The number of hydrogen-bond acceptors (Lipinski definition) is 6. The summed E-state index contributed by atoms with van der Waals surface area (Å²) in [6.07, 6.45) is 6.84. The Hall–Kier alpha value is -2.41. The molecule has 1 aromatic carbocycles. The van der Waals surface area contributed by atoms with Crippen molar-refractivity contribution in [3.05, 3.63) is 46.1 Å². The standard InChI is InChI=1S/C20H26ClN5O2/c1-3-4-5-6-7-8-13-28-19(27)17-14(2)22-20-23-24-25-26(20)18(17)15-9-11-16(21)12-10-15/h9-12,18H,3-8,13H2,1-2H3,(H,22,23,25)/t18-/m0/s1. The molecule has 1 N–H and O–H groups in total. The predicted octanol–water partition coefficient (Wildman–Crippen LogP) is 4.52. The zero-order chi connectivity index (χ0) is 19.9. The van der Waals surface area contributed by atoms with E-state index in [0.717, 1.165) is 18.4 Å². The molecule has 0 bridgehead atoms. The predicted molar refractivity (Wildman–Crippen MR) is 108 cm³/mol. The van der Waals surface area contributed by atoms with Crippen LogP contribution in [-0.4, -0.2) is 32.8 Å². The van der Waals surface area contributed by atoms with Gasteiger partial charge < -0.3 is 10.1 Å². The number of nitrogens with zero attached hydrogens (tertiary/aromatic N) is 4. The van der Waals surface area contributed by atoms with Gasteiger partial charge in [0.1, 0.15) is 6.04 Å². The highest BCUT2D eigenvalue weighted by molar-refractivity contribution is 6.30. The lowest BCUT2D eigenvalue weighted by molar-refractivity contribution is -0.139. The molecule has 28 heavy (non-hydrogen) atoms. The Labute approximate surface area is 170 Å². The van der Waals surface area contributed by atoms with Crippen molar-refractivity contribution in [3.8, 4) is 0 Å². The van der Waals surface area contributed by atoms with Gasteiger partial charge in [-0.05, 0) is 41.5 Å². The Kier molecular flexibility index (Phi) is 7.03. The summed E-state index contributed by atoms with van der Waals surface area (Å²) in [5.74, 6) is 0.143. The number of aromatic nitrogens is 4. The summed E-state index contributed by atoms with van der Waals surface area (Å²) < 4.78 is 7.18. The first-order valence-electron chi connectivity index (χ1n) is 9.80. The number of carbonyl (C=O) groups excluding carboxylic acids is 1. The van der Waals surface area contributed by atoms with E-state index >= 15 is 0 Å². The molecule has 0 aliphatic carbocycles. The van der Waals surface area contributed by atoms with Gasteiger partial charge in [-0.1, -0.05) is 67.9 Å². The summed E-state index contributed by atoms with van der Waals surface area (Å²) in [4.78, 5) is 12.9. The van der Waals surface area contributed by atoms with Crippen molar-refractivity contribution in [2.45, 2.75) is 58.4 Å². The highest BCUT2D eigenvalue weighted by Gasteiger charge is 2.34. The van der Waals surface area contributed by atoms with E-state index in [1.807, 2.05) is 19.1 Å². The summed E-state index contributed by atoms with van der Waals surface area (Å²) >= 11 is 6.02. The molecular formula is C20H26ClN5O2. The van der Waals surface area contributed by atoms with Gasteiger partial charge in [0, 0.05) is 10.7 Å². The number of esters is 1. The molecular weight excluding hydrogens is 378 g/mol. The van der Waals surface area contributed by atoms with Gasteiger partial charge in [0.2, 0.25) is 5.95 Å². The van der Waals surface area contributed by atoms with Crippen LogP contribution in [0.2, 0.25) is 5.02 Å². The van der Waals surface area contributed by atoms with Crippen molar-refractivity contribution in [2.75, 3.05) is 11.9 Å². The fourth-order valence-electron chi connectivity index (χ4n) is 3.35. The smallest absolute Gasteiger partial charge is 0.338 e. The number of tetrazole rings is 1. The number of ether oxygens (including phenoxy) is 1. The number of allylic oxidation sites excluding steroid dienone is 1. The third-order valence-corrected chi connectivity index (χ3v) is 5.10. The van der Waals surface area contributed by atoms with Gasteiger partial charge in [0.15, 0.2) is 0 Å². The van der Waals surface area contributed by atoms with Gasteiger partial charge in [-0.2, -0.15) is 4.68 Å². The molecule has 3 rings (SSSR count). The lowest BCUT2D eigenvalue weighted by atomic mass is 9.96. The molecule has 0 amide bonds. The van der Waals surface area contributed by atoms with Crippen LogP contribution in [0.5, 0.6) is 0 Å². The molecule has 1 aliphatic heterocycles. The maximum absolute atomic E-state index is 12.9. The average Bonchev–Trinajstić information content (AvgIpc) is 3.14. The van der Waals surface area contributed by atoms with E-state index in [1.54, 1.807) is 16.8 Å². The van der Waals surface area contributed by atoms with E-state index in [-0.39, 0.29) is 5.97 Å². The third kappa shape index (κ3) is 4.70. The van der Waals surface area contributed by atoms with E-state index in [4.69, 9.17) is 16.3 Å². The summed E-state index contributed by atoms with van der Waals surface area (Å²) in [6.45, 7) is 4.45. The van der Waals surface area contributed by atoms with Gasteiger partial charge in [0.05, 0.1) is 12.2 Å². The van der Waals surface area contributed by atoms with E-state index in [0.29, 0.717) is 28.8 Å². The zero-order valence-electron chi connectivity index (χ0n) is 16.3. The molecule has 1 aromatic heterocycles. The molecule has 0 radical (unpaired) electrons. The maximum Gasteiger partial charge on any atom is 0.338 e. The van der Waals surface area contributed by atoms with Crippen LogP contribution in [0, 0.1) is 0 Å². The Morgan fingerprint density at radius 1 is 1.18 bits per heavy atom. The summed E-state index contributed by atoms with van der Waals surface area (Å²) in [5.41, 5.74) is 2.06. The van der Waals surface area contributed by atoms with Crippen LogP contribution < -0.4 is 5.32 Å². The van der Waals surface area contributed by atoms with Crippen molar-refractivity contribution in [1.29, 1.82) is 0 Å². The molecule has 150 valence electrons. The number of carbonyl (C=O) groups is 1. The molecule has 8 heteroatoms. The number of halogens is 1. The minimum Gasteiger partial charge on any atom is -0.462 e. The van der Waals surface area contributed by atoms with Crippen molar-refractivity contribution in [3.63, 3.8) is 0 Å².